The molecule has 0 bridgehead atoms. The first-order chi connectivity index (χ1) is 17.4. The lowest BCUT2D eigenvalue weighted by molar-refractivity contribution is 0.0603. The van der Waals surface area contributed by atoms with Gasteiger partial charge in [0.05, 0.1) is 23.9 Å². The molecule has 0 saturated heterocycles. The van der Waals surface area contributed by atoms with Gasteiger partial charge >= 0.3 is 5.97 Å². The zero-order valence-corrected chi connectivity index (χ0v) is 20.5. The highest BCUT2D eigenvalue weighted by Gasteiger charge is 2.24. The van der Waals surface area contributed by atoms with Gasteiger partial charge in [-0.2, -0.15) is 0 Å². The van der Waals surface area contributed by atoms with Crippen molar-refractivity contribution in [2.45, 2.75) is 0 Å². The summed E-state index contributed by atoms with van der Waals surface area (Å²) in [7, 11) is 1.27. The third-order valence-corrected chi connectivity index (χ3v) is 6.81. The standard InChI is InChI=1S/C28H18ClFN2O3S/c1-35-28(34)25-22(16-8-12-19(30)13-9-16)15-36-27(25)32-26(33)21-14-24(17-6-10-18(29)11-7-17)31-23-5-3-2-4-20(21)23/h2-15H,1H3,(H,32,33). The quantitative estimate of drug-likeness (QED) is 0.246. The van der Waals surface area contributed by atoms with Crippen LogP contribution in [-0.2, 0) is 4.74 Å². The van der Waals surface area contributed by atoms with Crippen molar-refractivity contribution in [1.82, 2.24) is 4.98 Å². The third-order valence-electron chi connectivity index (χ3n) is 5.66. The van der Waals surface area contributed by atoms with Crippen LogP contribution in [0.15, 0.2) is 84.2 Å². The first kappa shape index (κ1) is 23.7. The number of ether oxygens (including phenoxy) is 1. The molecule has 3 aromatic carbocycles. The maximum absolute atomic E-state index is 13.6. The third kappa shape index (κ3) is 4.58. The van der Waals surface area contributed by atoms with Crippen LogP contribution in [0.25, 0.3) is 33.3 Å². The van der Waals surface area contributed by atoms with E-state index in [1.165, 1.54) is 30.6 Å². The van der Waals surface area contributed by atoms with Gasteiger partial charge in [0.1, 0.15) is 16.4 Å². The van der Waals surface area contributed by atoms with Crippen LogP contribution in [0.3, 0.4) is 0 Å². The Morgan fingerprint density at radius 2 is 1.67 bits per heavy atom. The van der Waals surface area contributed by atoms with Crippen molar-refractivity contribution in [3.8, 4) is 22.4 Å². The maximum atomic E-state index is 13.6. The summed E-state index contributed by atoms with van der Waals surface area (Å²) in [5.74, 6) is -1.39. The summed E-state index contributed by atoms with van der Waals surface area (Å²) in [6.45, 7) is 0. The predicted octanol–water partition coefficient (Wildman–Crippen LogP) is 7.46. The van der Waals surface area contributed by atoms with E-state index in [2.05, 4.69) is 5.32 Å². The van der Waals surface area contributed by atoms with E-state index in [1.54, 1.807) is 35.7 Å². The lowest BCUT2D eigenvalue weighted by Gasteiger charge is -2.11. The number of halogens is 2. The smallest absolute Gasteiger partial charge is 0.341 e. The minimum Gasteiger partial charge on any atom is -0.465 e. The molecule has 178 valence electrons. The number of hydrogen-bond donors (Lipinski definition) is 1. The number of rotatable bonds is 5. The molecule has 0 atom stereocenters. The number of para-hydroxylation sites is 1. The number of nitrogens with one attached hydrogen (secondary N) is 1. The fraction of sp³-hybridized carbons (Fsp3) is 0.0357. The molecule has 8 heteroatoms. The Labute approximate surface area is 215 Å². The van der Waals surface area contributed by atoms with Crippen LogP contribution in [0.4, 0.5) is 9.39 Å². The second kappa shape index (κ2) is 9.89. The first-order valence-electron chi connectivity index (χ1n) is 10.9. The summed E-state index contributed by atoms with van der Waals surface area (Å²) in [5, 5.41) is 6.22. The fourth-order valence-electron chi connectivity index (χ4n) is 3.90. The molecule has 0 aliphatic rings. The summed E-state index contributed by atoms with van der Waals surface area (Å²) in [4.78, 5) is 31.0. The number of thiophene rings is 1. The number of anilines is 1. The van der Waals surface area contributed by atoms with Crippen molar-refractivity contribution < 1.29 is 18.7 Å². The van der Waals surface area contributed by atoms with Crippen molar-refractivity contribution in [2.24, 2.45) is 0 Å². The Balaban J connectivity index is 1.57. The van der Waals surface area contributed by atoms with E-state index in [1.807, 2.05) is 36.4 Å². The molecule has 0 aliphatic carbocycles. The average molecular weight is 517 g/mol. The van der Waals surface area contributed by atoms with Gasteiger partial charge in [0.15, 0.2) is 0 Å². The van der Waals surface area contributed by atoms with Gasteiger partial charge in [0.2, 0.25) is 0 Å². The number of amides is 1. The number of methoxy groups -OCH3 is 1. The van der Waals surface area contributed by atoms with E-state index in [-0.39, 0.29) is 11.4 Å². The van der Waals surface area contributed by atoms with Crippen molar-refractivity contribution in [3.63, 3.8) is 0 Å². The van der Waals surface area contributed by atoms with Gasteiger partial charge < -0.3 is 10.1 Å². The summed E-state index contributed by atoms with van der Waals surface area (Å²) in [6, 6.07) is 22.0. The summed E-state index contributed by atoms with van der Waals surface area (Å²) < 4.78 is 18.4. The number of aromatic nitrogens is 1. The van der Waals surface area contributed by atoms with Gasteiger partial charge in [-0.25, -0.2) is 14.2 Å². The van der Waals surface area contributed by atoms with Crippen molar-refractivity contribution in [2.75, 3.05) is 12.4 Å². The van der Waals surface area contributed by atoms with Crippen LogP contribution in [0.2, 0.25) is 5.02 Å². The number of hydrogen-bond acceptors (Lipinski definition) is 5. The maximum Gasteiger partial charge on any atom is 0.341 e. The van der Waals surface area contributed by atoms with Crippen molar-refractivity contribution >= 4 is 50.7 Å². The van der Waals surface area contributed by atoms with Crippen molar-refractivity contribution in [3.05, 3.63) is 106 Å². The van der Waals surface area contributed by atoms with Gasteiger partial charge in [0.25, 0.3) is 5.91 Å². The SMILES string of the molecule is COC(=O)c1c(-c2ccc(F)cc2)csc1NC(=O)c1cc(-c2ccc(Cl)cc2)nc2ccccc12. The van der Waals surface area contributed by atoms with E-state index in [9.17, 15) is 14.0 Å². The molecule has 0 unspecified atom stereocenters. The highest BCUT2D eigenvalue weighted by molar-refractivity contribution is 7.15. The van der Waals surface area contributed by atoms with E-state index < -0.39 is 11.9 Å². The minimum atomic E-state index is -0.604. The van der Waals surface area contributed by atoms with Crippen LogP contribution in [-0.4, -0.2) is 24.0 Å². The van der Waals surface area contributed by atoms with E-state index in [4.69, 9.17) is 21.3 Å². The fourth-order valence-corrected chi connectivity index (χ4v) is 4.98. The molecule has 0 spiro atoms. The molecule has 5 aromatic rings. The summed E-state index contributed by atoms with van der Waals surface area (Å²) >= 11 is 7.23. The van der Waals surface area contributed by atoms with Crippen molar-refractivity contribution in [1.29, 1.82) is 0 Å². The Morgan fingerprint density at radius 1 is 0.972 bits per heavy atom. The number of pyridine rings is 1. The lowest BCUT2D eigenvalue weighted by Crippen LogP contribution is -2.15. The summed E-state index contributed by atoms with van der Waals surface area (Å²) in [6.07, 6.45) is 0. The Hall–Kier alpha value is -4.07. The van der Waals surface area contributed by atoms with Gasteiger partial charge in [0, 0.05) is 26.9 Å². The molecule has 2 heterocycles. The Morgan fingerprint density at radius 3 is 2.39 bits per heavy atom. The highest BCUT2D eigenvalue weighted by atomic mass is 35.5. The zero-order chi connectivity index (χ0) is 25.2. The van der Waals surface area contributed by atoms with Gasteiger partial charge in [-0.15, -0.1) is 11.3 Å². The molecule has 2 aromatic heterocycles. The molecule has 0 radical (unpaired) electrons. The number of fused-ring (bicyclic) bond motifs is 1. The highest BCUT2D eigenvalue weighted by Crippen LogP contribution is 2.37. The van der Waals surface area contributed by atoms with Crippen LogP contribution < -0.4 is 5.32 Å². The Kier molecular flexibility index (Phi) is 6.50. The van der Waals surface area contributed by atoms with Gasteiger partial charge in [-0.3, -0.25) is 4.79 Å². The molecular weight excluding hydrogens is 499 g/mol. The molecule has 1 N–H and O–H groups in total. The zero-order valence-electron chi connectivity index (χ0n) is 18.9. The number of nitrogens with zero attached hydrogens (tertiary/aromatic N) is 1. The Bertz CT molecular complexity index is 1600. The molecule has 0 fully saturated rings. The largest absolute Gasteiger partial charge is 0.465 e. The van der Waals surface area contributed by atoms with Crippen LogP contribution >= 0.6 is 22.9 Å². The second-order valence-corrected chi connectivity index (χ2v) is 9.20. The molecule has 5 nitrogen and oxygen atoms in total. The minimum absolute atomic E-state index is 0.207. The van der Waals surface area contributed by atoms with Gasteiger partial charge in [-0.1, -0.05) is 54.1 Å². The number of carbonyl (C=O) groups excluding carboxylic acids is 2. The van der Waals surface area contributed by atoms with E-state index in [0.29, 0.717) is 43.3 Å². The molecule has 36 heavy (non-hydrogen) atoms. The monoisotopic (exact) mass is 516 g/mol. The second-order valence-electron chi connectivity index (χ2n) is 7.89. The predicted molar refractivity (Wildman–Crippen MR) is 141 cm³/mol. The number of esters is 1. The molecule has 1 amide bonds. The van der Waals surface area contributed by atoms with Gasteiger partial charge in [-0.05, 0) is 42.0 Å². The summed E-state index contributed by atoms with van der Waals surface area (Å²) in [5.41, 5.74) is 3.86. The molecular formula is C28H18ClFN2O3S. The topological polar surface area (TPSA) is 68.3 Å². The number of benzene rings is 3. The molecule has 0 saturated carbocycles. The van der Waals surface area contributed by atoms with Crippen LogP contribution in [0.5, 0.6) is 0 Å². The van der Waals surface area contributed by atoms with Crippen LogP contribution in [0.1, 0.15) is 20.7 Å². The first-order valence-corrected chi connectivity index (χ1v) is 12.1. The van der Waals surface area contributed by atoms with E-state index >= 15 is 0 Å². The van der Waals surface area contributed by atoms with E-state index in [0.717, 1.165) is 5.56 Å². The van der Waals surface area contributed by atoms with Crippen LogP contribution in [0, 0.1) is 5.82 Å². The lowest BCUT2D eigenvalue weighted by atomic mass is 10.0. The molecule has 0 aliphatic heterocycles. The normalized spacial score (nSPS) is 10.9. The number of carbonyl (C=O) groups is 2. The average Bonchev–Trinajstić information content (AvgIpc) is 3.31. The molecule has 5 rings (SSSR count).